The van der Waals surface area contributed by atoms with Gasteiger partial charge in [0.2, 0.25) is 0 Å². The highest BCUT2D eigenvalue weighted by Gasteiger charge is 2.29. The van der Waals surface area contributed by atoms with Crippen molar-refractivity contribution >= 4 is 18.1 Å². The Kier molecular flexibility index (Phi) is 5.52. The fraction of sp³-hybridized carbons (Fsp3) is 0.250. The molecule has 2 aromatic carbocycles. The van der Waals surface area contributed by atoms with Crippen LogP contribution in [-0.4, -0.2) is 35.8 Å². The molecule has 27 heavy (non-hydrogen) atoms. The smallest absolute Gasteiger partial charge is 0.480 e. The van der Waals surface area contributed by atoms with Crippen LogP contribution in [0.3, 0.4) is 0 Å². The third kappa shape index (κ3) is 4.15. The van der Waals surface area contributed by atoms with Crippen molar-refractivity contribution in [2.45, 2.75) is 24.8 Å². The van der Waals surface area contributed by atoms with Gasteiger partial charge >= 0.3 is 18.1 Å². The summed E-state index contributed by atoms with van der Waals surface area (Å²) in [6.07, 6.45) is -1.51. The van der Waals surface area contributed by atoms with E-state index in [0.29, 0.717) is 0 Å². The maximum Gasteiger partial charge on any atom is 0.516 e. The Labute approximate surface area is 155 Å². The van der Waals surface area contributed by atoms with Crippen LogP contribution in [0.4, 0.5) is 4.79 Å². The van der Waals surface area contributed by atoms with Crippen LogP contribution in [-0.2, 0) is 19.1 Å². The highest BCUT2D eigenvalue weighted by atomic mass is 16.7. The number of ether oxygens (including phenoxy) is 2. The van der Waals surface area contributed by atoms with E-state index >= 15 is 0 Å². The molecule has 1 aliphatic carbocycles. The SMILES string of the molecule is N[C@@H](CCC(=O)OC(=O)OCC1c2ccccc2-c2ccccc21)C(=O)O. The van der Waals surface area contributed by atoms with Gasteiger partial charge in [-0.3, -0.25) is 9.59 Å². The largest absolute Gasteiger partial charge is 0.516 e. The van der Waals surface area contributed by atoms with Crippen molar-refractivity contribution in [3.8, 4) is 11.1 Å². The summed E-state index contributed by atoms with van der Waals surface area (Å²) in [5.74, 6) is -2.23. The highest BCUT2D eigenvalue weighted by molar-refractivity contribution is 5.83. The first-order valence-corrected chi connectivity index (χ1v) is 8.51. The second-order valence-electron chi connectivity index (χ2n) is 6.25. The van der Waals surface area contributed by atoms with Crippen LogP contribution in [0.25, 0.3) is 11.1 Å². The van der Waals surface area contributed by atoms with E-state index in [-0.39, 0.29) is 25.4 Å². The molecule has 0 aliphatic heterocycles. The quantitative estimate of drug-likeness (QED) is 0.594. The van der Waals surface area contributed by atoms with Gasteiger partial charge in [-0.1, -0.05) is 48.5 Å². The Morgan fingerprint density at radius 2 is 1.56 bits per heavy atom. The topological polar surface area (TPSA) is 116 Å². The van der Waals surface area contributed by atoms with E-state index in [2.05, 4.69) is 4.74 Å². The van der Waals surface area contributed by atoms with E-state index in [1.807, 2.05) is 48.5 Å². The number of carbonyl (C=O) groups excluding carboxylic acids is 2. The number of rotatable bonds is 6. The van der Waals surface area contributed by atoms with E-state index in [4.69, 9.17) is 15.6 Å². The molecule has 0 amide bonds. The molecule has 1 aliphatic rings. The Hall–Kier alpha value is -3.19. The van der Waals surface area contributed by atoms with Gasteiger partial charge in [0, 0.05) is 12.3 Å². The van der Waals surface area contributed by atoms with Crippen LogP contribution < -0.4 is 5.73 Å². The monoisotopic (exact) mass is 369 g/mol. The molecule has 7 nitrogen and oxygen atoms in total. The zero-order valence-electron chi connectivity index (χ0n) is 14.5. The van der Waals surface area contributed by atoms with E-state index in [1.165, 1.54) is 0 Å². The lowest BCUT2D eigenvalue weighted by Gasteiger charge is -2.13. The molecule has 0 fully saturated rings. The molecule has 140 valence electrons. The maximum absolute atomic E-state index is 11.8. The number of hydrogen-bond donors (Lipinski definition) is 2. The average molecular weight is 369 g/mol. The molecular weight excluding hydrogens is 350 g/mol. The highest BCUT2D eigenvalue weighted by Crippen LogP contribution is 2.44. The second-order valence-corrected chi connectivity index (χ2v) is 6.25. The standard InChI is InChI=1S/C20H19NO6/c21-17(19(23)24)9-10-18(22)27-20(25)26-11-16-14-7-3-1-5-12(14)13-6-2-4-8-15(13)16/h1-8,16-17H,9-11,21H2,(H,23,24)/t17-/m0/s1. The third-order valence-electron chi connectivity index (χ3n) is 4.50. The molecule has 0 saturated carbocycles. The van der Waals surface area contributed by atoms with Crippen molar-refractivity contribution in [2.24, 2.45) is 5.73 Å². The normalized spacial score (nSPS) is 13.4. The Morgan fingerprint density at radius 1 is 1.00 bits per heavy atom. The van der Waals surface area contributed by atoms with Gasteiger partial charge in [-0.2, -0.15) is 0 Å². The summed E-state index contributed by atoms with van der Waals surface area (Å²) in [5.41, 5.74) is 9.58. The molecule has 0 aromatic heterocycles. The van der Waals surface area contributed by atoms with Crippen LogP contribution in [0.5, 0.6) is 0 Å². The zero-order chi connectivity index (χ0) is 19.4. The zero-order valence-corrected chi connectivity index (χ0v) is 14.5. The molecule has 2 aromatic rings. The van der Waals surface area contributed by atoms with Crippen LogP contribution in [0, 0.1) is 0 Å². The number of esters is 1. The summed E-state index contributed by atoms with van der Waals surface area (Å²) in [5, 5.41) is 8.67. The molecule has 0 bridgehead atoms. The molecule has 0 heterocycles. The van der Waals surface area contributed by atoms with Crippen LogP contribution in [0.2, 0.25) is 0 Å². The van der Waals surface area contributed by atoms with Gasteiger partial charge in [-0.05, 0) is 28.7 Å². The molecule has 0 unspecified atom stereocenters. The van der Waals surface area contributed by atoms with E-state index in [1.54, 1.807) is 0 Å². The number of hydrogen-bond acceptors (Lipinski definition) is 6. The molecule has 3 N–H and O–H groups in total. The van der Waals surface area contributed by atoms with Crippen molar-refractivity contribution in [3.05, 3.63) is 59.7 Å². The maximum atomic E-state index is 11.8. The van der Waals surface area contributed by atoms with E-state index in [0.717, 1.165) is 22.3 Å². The summed E-state index contributed by atoms with van der Waals surface area (Å²) in [6, 6.07) is 14.6. The summed E-state index contributed by atoms with van der Waals surface area (Å²) in [6.45, 7) is 0.0365. The summed E-state index contributed by atoms with van der Waals surface area (Å²) in [4.78, 5) is 34.0. The molecule has 0 radical (unpaired) electrons. The van der Waals surface area contributed by atoms with Crippen molar-refractivity contribution < 1.29 is 29.0 Å². The molecule has 3 rings (SSSR count). The molecule has 0 saturated heterocycles. The number of carboxylic acid groups (broad SMARTS) is 1. The van der Waals surface area contributed by atoms with Crippen molar-refractivity contribution in [2.75, 3.05) is 6.61 Å². The Bertz CT molecular complexity index is 833. The van der Waals surface area contributed by atoms with Crippen molar-refractivity contribution in [3.63, 3.8) is 0 Å². The van der Waals surface area contributed by atoms with Gasteiger partial charge in [-0.25, -0.2) is 4.79 Å². The lowest BCUT2D eigenvalue weighted by Crippen LogP contribution is -2.31. The minimum Gasteiger partial charge on any atom is -0.480 e. The molecule has 0 spiro atoms. The van der Waals surface area contributed by atoms with Crippen molar-refractivity contribution in [1.82, 2.24) is 0 Å². The van der Waals surface area contributed by atoms with Crippen molar-refractivity contribution in [1.29, 1.82) is 0 Å². The Morgan fingerprint density at radius 3 is 2.11 bits per heavy atom. The minimum absolute atomic E-state index is 0.0365. The van der Waals surface area contributed by atoms with Crippen LogP contribution in [0.15, 0.2) is 48.5 Å². The predicted octanol–water partition coefficient (Wildman–Crippen LogP) is 2.67. The van der Waals surface area contributed by atoms with Gasteiger partial charge in [0.05, 0.1) is 0 Å². The first kappa shape index (κ1) is 18.6. The average Bonchev–Trinajstić information content (AvgIpc) is 2.98. The van der Waals surface area contributed by atoms with Gasteiger partial charge in [0.15, 0.2) is 0 Å². The second kappa shape index (κ2) is 8.01. The summed E-state index contributed by atoms with van der Waals surface area (Å²) >= 11 is 0. The third-order valence-corrected chi connectivity index (χ3v) is 4.50. The fourth-order valence-corrected chi connectivity index (χ4v) is 3.16. The molecule has 1 atom stereocenters. The lowest BCUT2D eigenvalue weighted by atomic mass is 9.98. The van der Waals surface area contributed by atoms with Crippen LogP contribution in [0.1, 0.15) is 29.9 Å². The van der Waals surface area contributed by atoms with Crippen LogP contribution >= 0.6 is 0 Å². The number of nitrogens with two attached hydrogens (primary N) is 1. The first-order chi connectivity index (χ1) is 13.0. The number of carbonyl (C=O) groups is 3. The number of carboxylic acids is 1. The fourth-order valence-electron chi connectivity index (χ4n) is 3.16. The van der Waals surface area contributed by atoms with Gasteiger partial charge < -0.3 is 20.3 Å². The van der Waals surface area contributed by atoms with Gasteiger partial charge in [0.1, 0.15) is 12.6 Å². The number of aliphatic carboxylic acids is 1. The Balaban J connectivity index is 1.58. The molecule has 7 heteroatoms. The number of fused-ring (bicyclic) bond motifs is 3. The summed E-state index contributed by atoms with van der Waals surface area (Å²) < 4.78 is 9.70. The minimum atomic E-state index is -1.22. The van der Waals surface area contributed by atoms with Gasteiger partial charge in [0.25, 0.3) is 0 Å². The first-order valence-electron chi connectivity index (χ1n) is 8.51. The van der Waals surface area contributed by atoms with E-state index in [9.17, 15) is 14.4 Å². The molecular formula is C20H19NO6. The number of benzene rings is 2. The van der Waals surface area contributed by atoms with E-state index < -0.39 is 24.1 Å². The lowest BCUT2D eigenvalue weighted by molar-refractivity contribution is -0.141. The van der Waals surface area contributed by atoms with Gasteiger partial charge in [-0.15, -0.1) is 0 Å². The predicted molar refractivity (Wildman–Crippen MR) is 96.0 cm³/mol. The summed E-state index contributed by atoms with van der Waals surface area (Å²) in [7, 11) is 0.